The summed E-state index contributed by atoms with van der Waals surface area (Å²) in [5, 5.41) is 0. The number of hydrogen-bond donors (Lipinski definition) is 0. The summed E-state index contributed by atoms with van der Waals surface area (Å²) in [6, 6.07) is 0. The van der Waals surface area contributed by atoms with Gasteiger partial charge in [-0.25, -0.2) is 4.79 Å². The molecule has 110 valence electrons. The smallest absolute Gasteiger partial charge is 0.333 e. The minimum atomic E-state index is -0.446. The molecule has 0 spiro atoms. The zero-order valence-electron chi connectivity index (χ0n) is 12.7. The highest BCUT2D eigenvalue weighted by Gasteiger charge is 2.29. The molecule has 0 rings (SSSR count). The Hall–Kier alpha value is -1.36. The van der Waals surface area contributed by atoms with Crippen molar-refractivity contribution in [3.05, 3.63) is 12.2 Å². The molecule has 0 aromatic heterocycles. The predicted octanol–water partition coefficient (Wildman–Crippen LogP) is 1.38. The lowest BCUT2D eigenvalue weighted by Crippen LogP contribution is -2.42. The molecule has 0 saturated heterocycles. The number of esters is 2. The van der Waals surface area contributed by atoms with Gasteiger partial charge in [0.2, 0.25) is 0 Å². The average molecular weight is 272 g/mol. The van der Waals surface area contributed by atoms with Crippen LogP contribution in [0.2, 0.25) is 0 Å². The lowest BCUT2D eigenvalue weighted by molar-refractivity contribution is -0.872. The van der Waals surface area contributed by atoms with Crippen LogP contribution >= 0.6 is 0 Å². The van der Waals surface area contributed by atoms with Crippen LogP contribution in [0.1, 0.15) is 20.3 Å². The van der Waals surface area contributed by atoms with Crippen molar-refractivity contribution in [3.63, 3.8) is 0 Å². The Morgan fingerprint density at radius 1 is 1.11 bits per heavy atom. The Morgan fingerprint density at radius 3 is 2.05 bits per heavy atom. The van der Waals surface area contributed by atoms with Gasteiger partial charge in [-0.15, -0.1) is 0 Å². The van der Waals surface area contributed by atoms with Crippen molar-refractivity contribution in [1.82, 2.24) is 0 Å². The molecular weight excluding hydrogens is 246 g/mol. The molecule has 5 heteroatoms. The Morgan fingerprint density at radius 2 is 1.63 bits per heavy atom. The first-order chi connectivity index (χ1) is 8.71. The van der Waals surface area contributed by atoms with Crippen molar-refractivity contribution < 1.29 is 23.5 Å². The quantitative estimate of drug-likeness (QED) is 0.380. The maximum Gasteiger partial charge on any atom is 0.333 e. The molecule has 0 heterocycles. The first-order valence-corrected chi connectivity index (χ1v) is 6.53. The molecule has 1 atom stereocenters. The second kappa shape index (κ2) is 7.94. The Bertz CT molecular complexity index is 331. The number of hydrogen-bond acceptors (Lipinski definition) is 4. The minimum absolute atomic E-state index is 0.271. The maximum absolute atomic E-state index is 11.9. The van der Waals surface area contributed by atoms with Crippen molar-refractivity contribution >= 4 is 11.9 Å². The summed E-state index contributed by atoms with van der Waals surface area (Å²) in [4.78, 5) is 23.5. The van der Waals surface area contributed by atoms with Crippen LogP contribution in [0.25, 0.3) is 0 Å². The van der Waals surface area contributed by atoms with E-state index in [1.807, 2.05) is 21.1 Å². The van der Waals surface area contributed by atoms with E-state index < -0.39 is 5.97 Å². The lowest BCUT2D eigenvalue weighted by Gasteiger charge is -2.28. The fourth-order valence-electron chi connectivity index (χ4n) is 1.76. The molecule has 19 heavy (non-hydrogen) atoms. The second-order valence-corrected chi connectivity index (χ2v) is 5.45. The maximum atomic E-state index is 11.9. The van der Waals surface area contributed by atoms with E-state index >= 15 is 0 Å². The average Bonchev–Trinajstić information content (AvgIpc) is 2.26. The Labute approximate surface area is 115 Å². The Balaban J connectivity index is 4.71. The van der Waals surface area contributed by atoms with E-state index in [0.717, 1.165) is 0 Å². The molecule has 0 aromatic rings. The van der Waals surface area contributed by atoms with E-state index in [-0.39, 0.29) is 18.3 Å². The first-order valence-electron chi connectivity index (χ1n) is 6.53. The molecule has 0 aromatic carbocycles. The van der Waals surface area contributed by atoms with Gasteiger partial charge < -0.3 is 14.0 Å². The second-order valence-electron chi connectivity index (χ2n) is 5.45. The fraction of sp³-hybridized carbons (Fsp3) is 0.714. The normalized spacial score (nSPS) is 12.7. The summed E-state index contributed by atoms with van der Waals surface area (Å²) in [6.07, 6.45) is 0.271. The third-order valence-corrected chi connectivity index (χ3v) is 2.44. The van der Waals surface area contributed by atoms with Gasteiger partial charge in [0.25, 0.3) is 0 Å². The van der Waals surface area contributed by atoms with E-state index in [0.29, 0.717) is 29.8 Å². The number of ether oxygens (including phenoxy) is 2. The number of carbonyl (C=O) groups excluding carboxylic acids is 2. The highest BCUT2D eigenvalue weighted by atomic mass is 16.5. The van der Waals surface area contributed by atoms with Crippen LogP contribution < -0.4 is 0 Å². The van der Waals surface area contributed by atoms with Gasteiger partial charge in [-0.3, -0.25) is 4.79 Å². The van der Waals surface area contributed by atoms with Crippen LogP contribution in [-0.4, -0.2) is 57.3 Å². The molecule has 0 bridgehead atoms. The molecular formula is C14H26NO4+. The molecule has 0 fully saturated rings. The summed E-state index contributed by atoms with van der Waals surface area (Å²) in [6.45, 7) is 8.41. The van der Waals surface area contributed by atoms with Gasteiger partial charge in [-0.2, -0.15) is 0 Å². The predicted molar refractivity (Wildman–Crippen MR) is 73.4 cm³/mol. The van der Waals surface area contributed by atoms with Crippen molar-refractivity contribution in [3.8, 4) is 0 Å². The van der Waals surface area contributed by atoms with Crippen molar-refractivity contribution in [2.45, 2.75) is 20.3 Å². The van der Waals surface area contributed by atoms with E-state index in [9.17, 15) is 9.59 Å². The fourth-order valence-corrected chi connectivity index (χ4v) is 1.76. The summed E-state index contributed by atoms with van der Waals surface area (Å²) in [5.74, 6) is -1.11. The van der Waals surface area contributed by atoms with E-state index in [4.69, 9.17) is 9.47 Å². The van der Waals surface area contributed by atoms with Gasteiger partial charge in [0.1, 0.15) is 5.92 Å². The van der Waals surface area contributed by atoms with Crippen LogP contribution in [0.4, 0.5) is 0 Å². The van der Waals surface area contributed by atoms with E-state index in [1.54, 1.807) is 13.8 Å². The molecule has 0 N–H and O–H groups in total. The van der Waals surface area contributed by atoms with Gasteiger partial charge in [0.05, 0.1) is 40.9 Å². The number of carbonyl (C=O) groups is 2. The summed E-state index contributed by atoms with van der Waals surface area (Å²) >= 11 is 0. The largest absolute Gasteiger partial charge is 0.466 e. The zero-order valence-corrected chi connectivity index (χ0v) is 12.7. The molecule has 0 aliphatic heterocycles. The van der Waals surface area contributed by atoms with Crippen molar-refractivity contribution in [2.75, 3.05) is 40.9 Å². The highest BCUT2D eigenvalue weighted by Crippen LogP contribution is 2.16. The van der Waals surface area contributed by atoms with Gasteiger partial charge >= 0.3 is 11.9 Å². The van der Waals surface area contributed by atoms with Gasteiger partial charge in [-0.1, -0.05) is 6.58 Å². The monoisotopic (exact) mass is 272 g/mol. The van der Waals surface area contributed by atoms with E-state index in [2.05, 4.69) is 6.58 Å². The first kappa shape index (κ1) is 17.6. The SMILES string of the molecule is C=C(CC(C[N+](C)(C)C)C(=O)OCC)C(=O)OCC. The molecule has 5 nitrogen and oxygen atoms in total. The highest BCUT2D eigenvalue weighted by molar-refractivity contribution is 5.88. The van der Waals surface area contributed by atoms with Crippen molar-refractivity contribution in [1.29, 1.82) is 0 Å². The zero-order chi connectivity index (χ0) is 15.1. The minimum Gasteiger partial charge on any atom is -0.466 e. The van der Waals surface area contributed by atoms with Crippen LogP contribution in [0.15, 0.2) is 12.2 Å². The molecule has 0 radical (unpaired) electrons. The third kappa shape index (κ3) is 7.62. The standard InChI is InChI=1S/C14H26NO4/c1-7-18-13(16)11(3)9-12(10-15(4,5)6)14(17)19-8-2/h12H,3,7-10H2,1-2,4-6H3/q+1. The Kier molecular flexibility index (Phi) is 7.37. The van der Waals surface area contributed by atoms with Crippen molar-refractivity contribution in [2.24, 2.45) is 5.92 Å². The number of quaternary nitrogens is 1. The molecule has 0 aliphatic rings. The molecule has 0 amide bonds. The van der Waals surface area contributed by atoms with Crippen LogP contribution in [0, 0.1) is 5.92 Å². The van der Waals surface area contributed by atoms with Crippen LogP contribution in [-0.2, 0) is 19.1 Å². The summed E-state index contributed by atoms with van der Waals surface area (Å²) < 4.78 is 10.5. The topological polar surface area (TPSA) is 52.6 Å². The molecule has 0 saturated carbocycles. The van der Waals surface area contributed by atoms with Gasteiger partial charge in [0.15, 0.2) is 0 Å². The molecule has 0 aliphatic carbocycles. The van der Waals surface area contributed by atoms with E-state index in [1.165, 1.54) is 0 Å². The van der Waals surface area contributed by atoms with Gasteiger partial charge in [-0.05, 0) is 20.3 Å². The number of nitrogens with zero attached hydrogens (tertiary/aromatic N) is 1. The van der Waals surface area contributed by atoms with Gasteiger partial charge in [0, 0.05) is 5.57 Å². The summed E-state index contributed by atoms with van der Waals surface area (Å²) in [5.41, 5.74) is 0.313. The third-order valence-electron chi connectivity index (χ3n) is 2.44. The van der Waals surface area contributed by atoms with Crippen LogP contribution in [0.3, 0.4) is 0 Å². The lowest BCUT2D eigenvalue weighted by atomic mass is 9.99. The number of rotatable bonds is 8. The molecule has 1 unspecified atom stereocenters. The van der Waals surface area contributed by atoms with Crippen LogP contribution in [0.5, 0.6) is 0 Å². The summed E-state index contributed by atoms with van der Waals surface area (Å²) in [7, 11) is 5.96.